The van der Waals surface area contributed by atoms with Gasteiger partial charge in [0.1, 0.15) is 16.9 Å². The predicted octanol–water partition coefficient (Wildman–Crippen LogP) is 3.49. The van der Waals surface area contributed by atoms with Crippen molar-refractivity contribution in [3.05, 3.63) is 30.1 Å². The minimum absolute atomic E-state index is 0. The Hall–Kier alpha value is -1.89. The number of nitrogens with zero attached hydrogens (tertiary/aromatic N) is 3. The van der Waals surface area contributed by atoms with E-state index in [1.165, 1.54) is 0 Å². The van der Waals surface area contributed by atoms with Gasteiger partial charge in [-0.3, -0.25) is 4.90 Å². The van der Waals surface area contributed by atoms with Crippen LogP contribution < -0.4 is 5.32 Å². The summed E-state index contributed by atoms with van der Waals surface area (Å²) >= 11 is 0. The molecule has 0 atom stereocenters. The Morgan fingerprint density at radius 1 is 1.15 bits per heavy atom. The summed E-state index contributed by atoms with van der Waals surface area (Å²) in [5, 5.41) is 4.51. The maximum absolute atomic E-state index is 6.02. The Morgan fingerprint density at radius 3 is 2.77 bits per heavy atom. The molecule has 0 aliphatic carbocycles. The first kappa shape index (κ1) is 18.9. The van der Waals surface area contributed by atoms with Crippen LogP contribution >= 0.6 is 12.4 Å². The molecule has 0 unspecified atom stereocenters. The molecule has 1 aliphatic heterocycles. The molecule has 7 heteroatoms. The first-order valence-corrected chi connectivity index (χ1v) is 9.07. The van der Waals surface area contributed by atoms with Crippen molar-refractivity contribution in [1.29, 1.82) is 0 Å². The van der Waals surface area contributed by atoms with Crippen molar-refractivity contribution in [2.75, 3.05) is 44.7 Å². The van der Waals surface area contributed by atoms with Crippen LogP contribution in [0.15, 0.2) is 28.7 Å². The van der Waals surface area contributed by atoms with Gasteiger partial charge in [0.25, 0.3) is 0 Å². The second-order valence-electron chi connectivity index (χ2n) is 6.35. The van der Waals surface area contributed by atoms with E-state index in [1.807, 2.05) is 18.2 Å². The molecule has 1 saturated heterocycles. The summed E-state index contributed by atoms with van der Waals surface area (Å²) in [6.45, 7) is 7.76. The van der Waals surface area contributed by atoms with Gasteiger partial charge in [-0.25, -0.2) is 9.97 Å². The lowest BCUT2D eigenvalue weighted by molar-refractivity contribution is 0.0378. The minimum Gasteiger partial charge on any atom is -0.450 e. The molecular formula is C19H25ClN4O2. The summed E-state index contributed by atoms with van der Waals surface area (Å²) < 4.78 is 11.4. The summed E-state index contributed by atoms with van der Waals surface area (Å²) in [4.78, 5) is 11.8. The van der Waals surface area contributed by atoms with E-state index in [1.54, 1.807) is 0 Å². The second-order valence-corrected chi connectivity index (χ2v) is 6.35. The lowest BCUT2D eigenvalue weighted by Gasteiger charge is -2.26. The lowest BCUT2D eigenvalue weighted by Crippen LogP contribution is -2.37. The largest absolute Gasteiger partial charge is 0.450 e. The standard InChI is InChI=1S/C19H24N4O2.ClH/c1-2-16-21-17-14-6-3-4-7-15(14)25-18(17)19(22-16)20-8-5-9-23-10-12-24-13-11-23;/h3-4,6-7H,2,5,8-13H2,1H3,(H,20,21,22);1H. The maximum Gasteiger partial charge on any atom is 0.196 e. The molecule has 0 bridgehead atoms. The Kier molecular flexibility index (Phi) is 6.29. The highest BCUT2D eigenvalue weighted by Gasteiger charge is 2.15. The molecule has 1 aliphatic rings. The maximum atomic E-state index is 6.02. The van der Waals surface area contributed by atoms with Gasteiger partial charge in [0.05, 0.1) is 13.2 Å². The van der Waals surface area contributed by atoms with Crippen LogP contribution in [0.2, 0.25) is 0 Å². The van der Waals surface area contributed by atoms with Crippen LogP contribution in [-0.4, -0.2) is 54.3 Å². The number of rotatable bonds is 6. The Bertz CT molecular complexity index is 861. The van der Waals surface area contributed by atoms with Crippen LogP contribution in [-0.2, 0) is 11.2 Å². The molecule has 3 aromatic rings. The van der Waals surface area contributed by atoms with Crippen molar-refractivity contribution in [3.8, 4) is 0 Å². The molecule has 0 spiro atoms. The van der Waals surface area contributed by atoms with Crippen LogP contribution in [0, 0.1) is 0 Å². The van der Waals surface area contributed by atoms with Crippen molar-refractivity contribution < 1.29 is 9.15 Å². The Balaban J connectivity index is 0.00000196. The smallest absolute Gasteiger partial charge is 0.196 e. The molecule has 26 heavy (non-hydrogen) atoms. The third-order valence-corrected chi connectivity index (χ3v) is 4.63. The monoisotopic (exact) mass is 376 g/mol. The number of fused-ring (bicyclic) bond motifs is 3. The molecular weight excluding hydrogens is 352 g/mol. The highest BCUT2D eigenvalue weighted by molar-refractivity contribution is 6.05. The molecule has 0 radical (unpaired) electrons. The van der Waals surface area contributed by atoms with Crippen LogP contribution in [0.3, 0.4) is 0 Å². The van der Waals surface area contributed by atoms with Gasteiger partial charge in [-0.05, 0) is 25.1 Å². The van der Waals surface area contributed by atoms with E-state index >= 15 is 0 Å². The summed E-state index contributed by atoms with van der Waals surface area (Å²) in [6.07, 6.45) is 1.87. The summed E-state index contributed by atoms with van der Waals surface area (Å²) in [5.41, 5.74) is 2.51. The molecule has 1 N–H and O–H groups in total. The quantitative estimate of drug-likeness (QED) is 0.664. The number of nitrogens with one attached hydrogen (secondary N) is 1. The molecule has 0 saturated carbocycles. The van der Waals surface area contributed by atoms with Gasteiger partial charge in [0, 0.05) is 31.4 Å². The number of halogens is 1. The van der Waals surface area contributed by atoms with E-state index in [4.69, 9.17) is 9.15 Å². The van der Waals surface area contributed by atoms with E-state index in [0.717, 1.165) is 85.9 Å². The van der Waals surface area contributed by atoms with Crippen LogP contribution in [0.5, 0.6) is 0 Å². The van der Waals surface area contributed by atoms with Crippen molar-refractivity contribution in [1.82, 2.24) is 14.9 Å². The topological polar surface area (TPSA) is 63.4 Å². The number of aromatic nitrogens is 2. The molecule has 1 fully saturated rings. The van der Waals surface area contributed by atoms with Gasteiger partial charge < -0.3 is 14.5 Å². The third-order valence-electron chi connectivity index (χ3n) is 4.63. The summed E-state index contributed by atoms with van der Waals surface area (Å²) in [5.74, 6) is 1.65. The average Bonchev–Trinajstić information content (AvgIpc) is 3.04. The van der Waals surface area contributed by atoms with Gasteiger partial charge in [0.15, 0.2) is 11.4 Å². The predicted molar refractivity (Wildman–Crippen MR) is 106 cm³/mol. The fraction of sp³-hybridized carbons (Fsp3) is 0.474. The number of furan rings is 1. The number of morpholine rings is 1. The highest BCUT2D eigenvalue weighted by atomic mass is 35.5. The number of benzene rings is 1. The first-order chi connectivity index (χ1) is 12.3. The number of hydrogen-bond acceptors (Lipinski definition) is 6. The van der Waals surface area contributed by atoms with E-state index in [0.29, 0.717) is 0 Å². The zero-order valence-corrected chi connectivity index (χ0v) is 15.8. The van der Waals surface area contributed by atoms with Crippen LogP contribution in [0.1, 0.15) is 19.2 Å². The number of aryl methyl sites for hydroxylation is 1. The van der Waals surface area contributed by atoms with Crippen molar-refractivity contribution in [2.45, 2.75) is 19.8 Å². The number of ether oxygens (including phenoxy) is 1. The van der Waals surface area contributed by atoms with E-state index in [9.17, 15) is 0 Å². The molecule has 0 amide bonds. The fourth-order valence-corrected chi connectivity index (χ4v) is 3.25. The second kappa shape index (κ2) is 8.66. The first-order valence-electron chi connectivity index (χ1n) is 9.07. The van der Waals surface area contributed by atoms with E-state index in [2.05, 4.69) is 33.2 Å². The van der Waals surface area contributed by atoms with Gasteiger partial charge in [-0.2, -0.15) is 0 Å². The molecule has 1 aromatic carbocycles. The average molecular weight is 377 g/mol. The van der Waals surface area contributed by atoms with Crippen molar-refractivity contribution in [2.24, 2.45) is 0 Å². The zero-order valence-electron chi connectivity index (χ0n) is 15.0. The van der Waals surface area contributed by atoms with Crippen molar-refractivity contribution in [3.63, 3.8) is 0 Å². The molecule has 2 aromatic heterocycles. The number of hydrogen-bond donors (Lipinski definition) is 1. The van der Waals surface area contributed by atoms with Gasteiger partial charge in [-0.1, -0.05) is 19.1 Å². The zero-order chi connectivity index (χ0) is 17.1. The van der Waals surface area contributed by atoms with E-state index < -0.39 is 0 Å². The normalized spacial score (nSPS) is 15.3. The highest BCUT2D eigenvalue weighted by Crippen LogP contribution is 2.31. The van der Waals surface area contributed by atoms with Crippen molar-refractivity contribution >= 4 is 40.3 Å². The number of anilines is 1. The Labute approximate surface area is 159 Å². The SMILES string of the molecule is CCc1nc(NCCCN2CCOCC2)c2oc3ccccc3c2n1.Cl. The molecule has 140 valence electrons. The van der Waals surface area contributed by atoms with Gasteiger partial charge in [-0.15, -0.1) is 12.4 Å². The lowest BCUT2D eigenvalue weighted by atomic mass is 10.2. The Morgan fingerprint density at radius 2 is 1.96 bits per heavy atom. The molecule has 3 heterocycles. The summed E-state index contributed by atoms with van der Waals surface area (Å²) in [6, 6.07) is 8.02. The fourth-order valence-electron chi connectivity index (χ4n) is 3.25. The van der Waals surface area contributed by atoms with Gasteiger partial charge >= 0.3 is 0 Å². The molecule has 4 rings (SSSR count). The minimum atomic E-state index is 0. The van der Waals surface area contributed by atoms with Crippen LogP contribution in [0.25, 0.3) is 22.1 Å². The number of para-hydroxylation sites is 1. The summed E-state index contributed by atoms with van der Waals surface area (Å²) in [7, 11) is 0. The molecule has 6 nitrogen and oxygen atoms in total. The third kappa shape index (κ3) is 3.92. The van der Waals surface area contributed by atoms with Crippen LogP contribution in [0.4, 0.5) is 5.82 Å². The van der Waals surface area contributed by atoms with E-state index in [-0.39, 0.29) is 12.4 Å². The van der Waals surface area contributed by atoms with Gasteiger partial charge in [0.2, 0.25) is 0 Å².